The van der Waals surface area contributed by atoms with E-state index < -0.39 is 26.3 Å². The number of carbonyl (C=O) groups excluding carboxylic acids is 1. The molecule has 0 aromatic heterocycles. The summed E-state index contributed by atoms with van der Waals surface area (Å²) in [6, 6.07) is 0. The van der Waals surface area contributed by atoms with Crippen LogP contribution in [0.4, 0.5) is 4.79 Å². The summed E-state index contributed by atoms with van der Waals surface area (Å²) in [4.78, 5) is 10.8. The van der Waals surface area contributed by atoms with Gasteiger partial charge in [0, 0.05) is 0 Å². The number of hydrogen-bond donors (Lipinski definition) is 0. The molecule has 0 rings (SSSR count). The molecule has 0 aliphatic rings. The van der Waals surface area contributed by atoms with E-state index in [0.717, 1.165) is 19.3 Å². The SMILES string of the molecule is CCC[CH2][Sn](=[O])[O]C(=O)OCCC. The van der Waals surface area contributed by atoms with Gasteiger partial charge >= 0.3 is 86.2 Å². The van der Waals surface area contributed by atoms with E-state index in [1.165, 1.54) is 0 Å². The van der Waals surface area contributed by atoms with Gasteiger partial charge in [-0.05, 0) is 0 Å². The van der Waals surface area contributed by atoms with Gasteiger partial charge < -0.3 is 0 Å². The van der Waals surface area contributed by atoms with Crippen molar-refractivity contribution in [1.29, 1.82) is 0 Å². The summed E-state index contributed by atoms with van der Waals surface area (Å²) >= 11 is -3.07. The van der Waals surface area contributed by atoms with Crippen LogP contribution >= 0.6 is 0 Å². The third-order valence-electron chi connectivity index (χ3n) is 1.36. The second-order valence-electron chi connectivity index (χ2n) is 2.68. The Morgan fingerprint density at radius 1 is 1.31 bits per heavy atom. The van der Waals surface area contributed by atoms with E-state index in [4.69, 9.17) is 0 Å². The van der Waals surface area contributed by atoms with Crippen molar-refractivity contribution in [1.82, 2.24) is 0 Å². The van der Waals surface area contributed by atoms with Crippen molar-refractivity contribution in [2.75, 3.05) is 6.61 Å². The quantitative estimate of drug-likeness (QED) is 0.557. The number of ether oxygens (including phenoxy) is 1. The summed E-state index contributed by atoms with van der Waals surface area (Å²) in [7, 11) is 0. The molecular formula is C8H16O4Sn. The molecule has 0 bridgehead atoms. The van der Waals surface area contributed by atoms with Gasteiger partial charge in [-0.2, -0.15) is 0 Å². The van der Waals surface area contributed by atoms with E-state index in [1.54, 1.807) is 0 Å². The fraction of sp³-hybridized carbons (Fsp3) is 0.875. The summed E-state index contributed by atoms with van der Waals surface area (Å²) in [6.07, 6.45) is 1.82. The molecule has 4 nitrogen and oxygen atoms in total. The predicted molar refractivity (Wildman–Crippen MR) is 48.9 cm³/mol. The Morgan fingerprint density at radius 2 is 2.00 bits per heavy atom. The van der Waals surface area contributed by atoms with E-state index in [2.05, 4.69) is 7.81 Å². The Hall–Kier alpha value is -0.131. The summed E-state index contributed by atoms with van der Waals surface area (Å²) < 4.78 is 21.0. The molecule has 0 saturated carbocycles. The molecule has 0 saturated heterocycles. The van der Waals surface area contributed by atoms with Crippen molar-refractivity contribution in [3.63, 3.8) is 0 Å². The fourth-order valence-electron chi connectivity index (χ4n) is 0.680. The van der Waals surface area contributed by atoms with E-state index in [-0.39, 0.29) is 0 Å². The molecule has 0 N–H and O–H groups in total. The van der Waals surface area contributed by atoms with Crippen LogP contribution in [0.2, 0.25) is 4.44 Å². The third-order valence-corrected chi connectivity index (χ3v) is 4.66. The van der Waals surface area contributed by atoms with Crippen molar-refractivity contribution >= 4 is 26.3 Å². The first-order valence-corrected chi connectivity index (χ1v) is 8.93. The molecule has 0 unspecified atom stereocenters. The van der Waals surface area contributed by atoms with Crippen LogP contribution in [0.5, 0.6) is 0 Å². The summed E-state index contributed by atoms with van der Waals surface area (Å²) in [6.45, 7) is 4.23. The zero-order valence-electron chi connectivity index (χ0n) is 8.17. The molecule has 0 aromatic carbocycles. The van der Waals surface area contributed by atoms with Crippen LogP contribution in [0.1, 0.15) is 33.1 Å². The fourth-order valence-corrected chi connectivity index (χ4v) is 3.50. The first-order valence-electron chi connectivity index (χ1n) is 4.58. The van der Waals surface area contributed by atoms with Gasteiger partial charge in [-0.25, -0.2) is 0 Å². The third kappa shape index (κ3) is 8.21. The first kappa shape index (κ1) is 12.9. The van der Waals surface area contributed by atoms with Crippen LogP contribution in [0.25, 0.3) is 0 Å². The molecule has 0 amide bonds. The number of hydrogen-bond acceptors (Lipinski definition) is 4. The molecule has 0 aliphatic carbocycles. The Balaban J connectivity index is 3.47. The maximum absolute atomic E-state index is 11.1. The standard InChI is InChI=1S/C4H8O3.C4H9.O.Sn/c1-2-3-7-4(5)6;1-3-4-2;;/h2-3H2,1H3,(H,5,6);1,3-4H2,2H3;;/q;;;+1/p-1. The molecule has 0 atom stereocenters. The Morgan fingerprint density at radius 3 is 2.54 bits per heavy atom. The van der Waals surface area contributed by atoms with E-state index >= 15 is 0 Å². The average molecular weight is 295 g/mol. The van der Waals surface area contributed by atoms with Crippen LogP contribution in [-0.4, -0.2) is 32.9 Å². The molecule has 0 spiro atoms. The van der Waals surface area contributed by atoms with Gasteiger partial charge in [-0.15, -0.1) is 0 Å². The van der Waals surface area contributed by atoms with Crippen molar-refractivity contribution in [2.24, 2.45) is 0 Å². The molecular weight excluding hydrogens is 279 g/mol. The summed E-state index contributed by atoms with van der Waals surface area (Å²) in [5, 5.41) is 0. The normalized spacial score (nSPS) is 9.38. The van der Waals surface area contributed by atoms with Crippen molar-refractivity contribution in [2.45, 2.75) is 37.5 Å². The Labute approximate surface area is 86.3 Å². The number of rotatable bonds is 6. The van der Waals surface area contributed by atoms with Crippen molar-refractivity contribution in [3.05, 3.63) is 0 Å². The first-order chi connectivity index (χ1) is 6.20. The molecule has 5 heteroatoms. The maximum atomic E-state index is 11.1. The van der Waals surface area contributed by atoms with E-state index in [1.807, 2.05) is 13.8 Å². The molecule has 0 aliphatic heterocycles. The molecule has 0 aromatic rings. The van der Waals surface area contributed by atoms with Gasteiger partial charge in [0.2, 0.25) is 0 Å². The van der Waals surface area contributed by atoms with Gasteiger partial charge in [-0.1, -0.05) is 0 Å². The molecule has 13 heavy (non-hydrogen) atoms. The van der Waals surface area contributed by atoms with Gasteiger partial charge in [0.15, 0.2) is 0 Å². The molecule has 76 valence electrons. The van der Waals surface area contributed by atoms with Crippen LogP contribution in [-0.2, 0) is 10.9 Å². The summed E-state index contributed by atoms with van der Waals surface area (Å²) in [5.74, 6) is 0. The summed E-state index contributed by atoms with van der Waals surface area (Å²) in [5.41, 5.74) is 0. The van der Waals surface area contributed by atoms with Crippen molar-refractivity contribution in [3.8, 4) is 0 Å². The minimum absolute atomic E-state index is 0.336. The van der Waals surface area contributed by atoms with Gasteiger partial charge in [0.25, 0.3) is 0 Å². The topological polar surface area (TPSA) is 52.6 Å². The molecule has 0 heterocycles. The molecule has 0 fully saturated rings. The van der Waals surface area contributed by atoms with Gasteiger partial charge in [0.05, 0.1) is 0 Å². The predicted octanol–water partition coefficient (Wildman–Crippen LogP) is 2.27. The van der Waals surface area contributed by atoms with Crippen LogP contribution < -0.4 is 0 Å². The second kappa shape index (κ2) is 8.47. The number of unbranched alkanes of at least 4 members (excludes halogenated alkanes) is 1. The van der Waals surface area contributed by atoms with Crippen LogP contribution in [0.3, 0.4) is 0 Å². The molecule has 0 radical (unpaired) electrons. The second-order valence-corrected chi connectivity index (χ2v) is 6.81. The van der Waals surface area contributed by atoms with E-state index in [0.29, 0.717) is 11.0 Å². The minimum atomic E-state index is -3.07. The Bertz CT molecular complexity index is 152. The van der Waals surface area contributed by atoms with E-state index in [9.17, 15) is 7.87 Å². The van der Waals surface area contributed by atoms with Gasteiger partial charge in [-0.3, -0.25) is 0 Å². The average Bonchev–Trinajstić information content (AvgIpc) is 2.11. The zero-order chi connectivity index (χ0) is 10.1. The zero-order valence-corrected chi connectivity index (χ0v) is 11.0. The Kier molecular flexibility index (Phi) is 8.38. The van der Waals surface area contributed by atoms with Crippen LogP contribution in [0.15, 0.2) is 0 Å². The number of carbonyl (C=O) groups is 1. The van der Waals surface area contributed by atoms with Gasteiger partial charge in [0.1, 0.15) is 0 Å². The van der Waals surface area contributed by atoms with Crippen molar-refractivity contribution < 1.29 is 15.7 Å². The monoisotopic (exact) mass is 296 g/mol. The van der Waals surface area contributed by atoms with Crippen LogP contribution in [0, 0.1) is 0 Å².